The Hall–Kier alpha value is -2.20. The lowest BCUT2D eigenvalue weighted by atomic mass is 10.1. The molecule has 1 aromatic heterocycles. The molecule has 0 radical (unpaired) electrons. The van der Waals surface area contributed by atoms with E-state index in [-0.39, 0.29) is 11.9 Å². The minimum absolute atomic E-state index is 0.158. The van der Waals surface area contributed by atoms with Gasteiger partial charge in [-0.25, -0.2) is 4.98 Å². The highest BCUT2D eigenvalue weighted by atomic mass is 32.1. The average molecular weight is 336 g/mol. The van der Waals surface area contributed by atoms with Gasteiger partial charge in [-0.2, -0.15) is 0 Å². The topological polar surface area (TPSA) is 33.2 Å². The average Bonchev–Trinajstić information content (AvgIpc) is 3.26. The number of fused-ring (bicyclic) bond motifs is 1. The first kappa shape index (κ1) is 15.3. The number of nitrogens with zero attached hydrogens (tertiary/aromatic N) is 2. The van der Waals surface area contributed by atoms with Gasteiger partial charge in [0.1, 0.15) is 5.01 Å². The molecule has 0 bridgehead atoms. The van der Waals surface area contributed by atoms with Crippen LogP contribution in [0.2, 0.25) is 0 Å². The van der Waals surface area contributed by atoms with Gasteiger partial charge in [0.25, 0.3) is 0 Å². The Bertz CT molecular complexity index is 810. The number of para-hydroxylation sites is 1. The van der Waals surface area contributed by atoms with Crippen molar-refractivity contribution in [3.63, 3.8) is 0 Å². The van der Waals surface area contributed by atoms with E-state index in [1.54, 1.807) is 11.3 Å². The Morgan fingerprint density at radius 2 is 1.92 bits per heavy atom. The number of carbonyl (C=O) groups is 1. The third-order valence-corrected chi connectivity index (χ3v) is 5.78. The summed E-state index contributed by atoms with van der Waals surface area (Å²) in [4.78, 5) is 19.5. The monoisotopic (exact) mass is 336 g/mol. The van der Waals surface area contributed by atoms with Crippen LogP contribution in [0.4, 0.5) is 0 Å². The van der Waals surface area contributed by atoms with E-state index in [2.05, 4.69) is 18.2 Å². The zero-order valence-corrected chi connectivity index (χ0v) is 14.3. The van der Waals surface area contributed by atoms with Crippen LogP contribution in [0.1, 0.15) is 35.9 Å². The predicted molar refractivity (Wildman–Crippen MR) is 98.1 cm³/mol. The molecule has 1 aliphatic heterocycles. The van der Waals surface area contributed by atoms with Crippen LogP contribution in [0, 0.1) is 0 Å². The molecular formula is C20H20N2OS. The van der Waals surface area contributed by atoms with Gasteiger partial charge in [0.2, 0.25) is 5.91 Å². The first-order valence-electron chi connectivity index (χ1n) is 8.50. The zero-order chi connectivity index (χ0) is 16.4. The minimum atomic E-state index is 0.158. The Labute approximate surface area is 146 Å². The minimum Gasteiger partial charge on any atom is -0.333 e. The number of rotatable bonds is 4. The van der Waals surface area contributed by atoms with Crippen molar-refractivity contribution in [2.75, 3.05) is 6.54 Å². The van der Waals surface area contributed by atoms with Crippen molar-refractivity contribution >= 4 is 27.5 Å². The number of likely N-dealkylation sites (tertiary alicyclic amines) is 1. The van der Waals surface area contributed by atoms with Gasteiger partial charge in [0.15, 0.2) is 0 Å². The number of benzene rings is 2. The maximum atomic E-state index is 12.7. The van der Waals surface area contributed by atoms with E-state index >= 15 is 0 Å². The fourth-order valence-corrected chi connectivity index (χ4v) is 4.51. The van der Waals surface area contributed by atoms with Crippen LogP contribution in [0.25, 0.3) is 10.2 Å². The molecule has 3 nitrogen and oxygen atoms in total. The number of hydrogen-bond acceptors (Lipinski definition) is 3. The van der Waals surface area contributed by atoms with Gasteiger partial charge >= 0.3 is 0 Å². The summed E-state index contributed by atoms with van der Waals surface area (Å²) in [5, 5.41) is 1.08. The van der Waals surface area contributed by atoms with Crippen molar-refractivity contribution in [3.8, 4) is 0 Å². The molecule has 24 heavy (non-hydrogen) atoms. The lowest BCUT2D eigenvalue weighted by molar-refractivity contribution is -0.132. The number of aromatic nitrogens is 1. The van der Waals surface area contributed by atoms with E-state index in [0.29, 0.717) is 6.42 Å². The summed E-state index contributed by atoms with van der Waals surface area (Å²) in [6.07, 6.45) is 3.47. The number of aryl methyl sites for hydroxylation is 1. The van der Waals surface area contributed by atoms with Crippen LogP contribution in [-0.4, -0.2) is 22.3 Å². The largest absolute Gasteiger partial charge is 0.333 e. The normalized spacial score (nSPS) is 17.5. The van der Waals surface area contributed by atoms with Crippen molar-refractivity contribution < 1.29 is 4.79 Å². The molecule has 0 aliphatic carbocycles. The van der Waals surface area contributed by atoms with E-state index in [1.165, 1.54) is 10.3 Å². The molecular weight excluding hydrogens is 316 g/mol. The molecule has 0 saturated carbocycles. The van der Waals surface area contributed by atoms with Crippen molar-refractivity contribution in [3.05, 3.63) is 65.2 Å². The van der Waals surface area contributed by atoms with Gasteiger partial charge < -0.3 is 4.90 Å². The lowest BCUT2D eigenvalue weighted by Gasteiger charge is -2.23. The highest BCUT2D eigenvalue weighted by Gasteiger charge is 2.31. The second-order valence-corrected chi connectivity index (χ2v) is 7.31. The summed E-state index contributed by atoms with van der Waals surface area (Å²) in [6, 6.07) is 18.6. The number of thiazole rings is 1. The van der Waals surface area contributed by atoms with E-state index in [0.717, 1.165) is 36.3 Å². The van der Waals surface area contributed by atoms with Gasteiger partial charge in [-0.15, -0.1) is 11.3 Å². The molecule has 3 aromatic rings. The second kappa shape index (κ2) is 6.73. The molecule has 2 heterocycles. The fraction of sp³-hybridized carbons (Fsp3) is 0.300. The summed E-state index contributed by atoms with van der Waals surface area (Å²) >= 11 is 1.73. The van der Waals surface area contributed by atoms with Gasteiger partial charge in [0.05, 0.1) is 16.3 Å². The second-order valence-electron chi connectivity index (χ2n) is 6.25. The fourth-order valence-electron chi connectivity index (χ4n) is 3.39. The molecule has 1 unspecified atom stereocenters. The van der Waals surface area contributed by atoms with E-state index in [4.69, 9.17) is 4.98 Å². The third-order valence-electron chi connectivity index (χ3n) is 4.64. The highest BCUT2D eigenvalue weighted by Crippen LogP contribution is 2.36. The van der Waals surface area contributed by atoms with Crippen molar-refractivity contribution in [1.82, 2.24) is 9.88 Å². The smallest absolute Gasteiger partial charge is 0.223 e. The van der Waals surface area contributed by atoms with Crippen molar-refractivity contribution in [2.24, 2.45) is 0 Å². The van der Waals surface area contributed by atoms with Crippen LogP contribution in [-0.2, 0) is 11.2 Å². The maximum absolute atomic E-state index is 12.7. The van der Waals surface area contributed by atoms with Crippen LogP contribution in [0.3, 0.4) is 0 Å². The summed E-state index contributed by atoms with van der Waals surface area (Å²) in [5.74, 6) is 0.251. The highest BCUT2D eigenvalue weighted by molar-refractivity contribution is 7.18. The quantitative estimate of drug-likeness (QED) is 0.698. The third kappa shape index (κ3) is 3.06. The molecule has 122 valence electrons. The zero-order valence-electron chi connectivity index (χ0n) is 13.5. The van der Waals surface area contributed by atoms with E-state index < -0.39 is 0 Å². The number of amides is 1. The Balaban J connectivity index is 1.48. The molecule has 1 fully saturated rings. The molecule has 0 spiro atoms. The van der Waals surface area contributed by atoms with Gasteiger partial charge in [0, 0.05) is 13.0 Å². The van der Waals surface area contributed by atoms with Crippen LogP contribution >= 0.6 is 11.3 Å². The van der Waals surface area contributed by atoms with Crippen LogP contribution < -0.4 is 0 Å². The molecule has 1 amide bonds. The van der Waals surface area contributed by atoms with Crippen molar-refractivity contribution in [2.45, 2.75) is 31.7 Å². The lowest BCUT2D eigenvalue weighted by Crippen LogP contribution is -2.30. The summed E-state index contributed by atoms with van der Waals surface area (Å²) in [6.45, 7) is 0.855. The Kier molecular flexibility index (Phi) is 4.30. The van der Waals surface area contributed by atoms with Gasteiger partial charge in [-0.1, -0.05) is 42.5 Å². The number of hydrogen-bond donors (Lipinski definition) is 0. The van der Waals surface area contributed by atoms with Crippen molar-refractivity contribution in [1.29, 1.82) is 0 Å². The first-order valence-corrected chi connectivity index (χ1v) is 9.32. The molecule has 2 aromatic carbocycles. The standard InChI is InChI=1S/C20H20N2OS/c23-19(13-12-15-7-2-1-3-8-15)22-14-6-10-17(22)20-21-16-9-4-5-11-18(16)24-20/h1-5,7-9,11,17H,6,10,12-14H2. The summed E-state index contributed by atoms with van der Waals surface area (Å²) in [7, 11) is 0. The molecule has 1 aliphatic rings. The number of carbonyl (C=O) groups excluding carboxylic acids is 1. The van der Waals surface area contributed by atoms with Crippen LogP contribution in [0.5, 0.6) is 0 Å². The van der Waals surface area contributed by atoms with Gasteiger partial charge in [-0.05, 0) is 37.0 Å². The molecule has 4 rings (SSSR count). The first-order chi connectivity index (χ1) is 11.8. The summed E-state index contributed by atoms with van der Waals surface area (Å²) in [5.41, 5.74) is 2.27. The maximum Gasteiger partial charge on any atom is 0.223 e. The Morgan fingerprint density at radius 1 is 1.12 bits per heavy atom. The van der Waals surface area contributed by atoms with E-state index in [9.17, 15) is 4.79 Å². The molecule has 1 saturated heterocycles. The predicted octanol–water partition coefficient (Wildman–Crippen LogP) is 4.59. The molecule has 4 heteroatoms. The SMILES string of the molecule is O=C(CCc1ccccc1)N1CCCC1c1nc2ccccc2s1. The Morgan fingerprint density at radius 3 is 2.75 bits per heavy atom. The molecule has 1 atom stereocenters. The van der Waals surface area contributed by atoms with Crippen LogP contribution in [0.15, 0.2) is 54.6 Å². The molecule has 0 N–H and O–H groups in total. The van der Waals surface area contributed by atoms with E-state index in [1.807, 2.05) is 41.3 Å². The summed E-state index contributed by atoms with van der Waals surface area (Å²) < 4.78 is 1.20. The van der Waals surface area contributed by atoms with Gasteiger partial charge in [-0.3, -0.25) is 4.79 Å².